The van der Waals surface area contributed by atoms with Crippen molar-refractivity contribution >= 4 is 130 Å². The van der Waals surface area contributed by atoms with Crippen LogP contribution < -0.4 is 143 Å². The summed E-state index contributed by atoms with van der Waals surface area (Å²) < 4.78 is 157. The average Bonchev–Trinajstić information content (AvgIpc) is 0.767. The van der Waals surface area contributed by atoms with Gasteiger partial charge in [0.1, 0.15) is 66.0 Å². The number of hydrogen-bond acceptors (Lipinski definition) is 28. The number of fused-ring (bicyclic) bond motifs is 2. The van der Waals surface area contributed by atoms with Gasteiger partial charge in [-0.3, -0.25) is 9.59 Å². The van der Waals surface area contributed by atoms with Gasteiger partial charge in [0, 0.05) is 40.1 Å². The van der Waals surface area contributed by atoms with E-state index in [2.05, 4.69) is 107 Å². The Morgan fingerprint density at radius 3 is 1.10 bits per heavy atom. The second-order valence-corrected chi connectivity index (χ2v) is 24.2. The standard InChI is InChI=1S/C21H20N5O7S.C21H20N5O5S.C8H11NO2S.C8H10.4Na.2O3S/c1-11(27)23-13-7-5-6-12-8-18(34(29,30)31)20(21(28)19(12)13)26-25-15-10-16(32-3)14(24-22-2)9-17(15)33-4;1-11-9-17(12(2)8-16(11)24-22-4)25-26-20-18(32(29,30)31)10-14-6-5-7-15(23-13(3)27)19(14)21(20)28;1-7-3-5-8(6-4-7)12(10,11)9-2;1-7-3-5-8(2)6-4-7;;;;;2*1-4(2)3/h6-10,28H,1-4H3,(H,23,27)(H,29,30,31);6-10,28H,1-4H3,(H,23,27)(H,29,30,31);3-6,9H,1-2H3;3-6H,1-2H3;;;;;;/q2*-1;;;4*+1;;/p-2. The first-order valence-corrected chi connectivity index (χ1v) is 32.5. The molecule has 0 saturated heterocycles. The van der Waals surface area contributed by atoms with Crippen LogP contribution in [0, 0.1) is 46.8 Å². The fourth-order valence-electron chi connectivity index (χ4n) is 7.74. The van der Waals surface area contributed by atoms with Crippen molar-refractivity contribution in [1.29, 1.82) is 0 Å². The third-order valence-electron chi connectivity index (χ3n) is 11.9. The molecule has 0 saturated carbocycles. The molecule has 0 aliphatic rings. The van der Waals surface area contributed by atoms with Gasteiger partial charge in [-0.05, 0) is 77.1 Å². The van der Waals surface area contributed by atoms with Crippen LogP contribution >= 0.6 is 0 Å². The topological polar surface area (TPSA) is 479 Å². The molecule has 0 radical (unpaired) electrons. The number of anilines is 2. The largest absolute Gasteiger partial charge is 1.00 e. The van der Waals surface area contributed by atoms with E-state index >= 15 is 0 Å². The number of phenols is 2. The number of methoxy groups -OCH3 is 2. The Morgan fingerprint density at radius 1 is 0.490 bits per heavy atom. The van der Waals surface area contributed by atoms with Crippen LogP contribution in [0.4, 0.5) is 45.5 Å². The molecule has 500 valence electrons. The van der Waals surface area contributed by atoms with Crippen LogP contribution in [0.5, 0.6) is 23.0 Å². The van der Waals surface area contributed by atoms with Crippen LogP contribution in [0.25, 0.3) is 21.5 Å². The van der Waals surface area contributed by atoms with Gasteiger partial charge in [0.05, 0.1) is 40.3 Å². The molecular weight excluding hydrogens is 1420 g/mol. The molecule has 0 aliphatic carbocycles. The SMILES string of the molecule is CN=Nc1cc(C)c(N=Nc2c(S(=O)(=O)[O-])cc3c[c-]cc(NC(C)=O)c3c2O)cc1C.CN=Nc1cc(OC)c(N=Nc2c(S(=O)(=O)[O-])cc3c[c-]cc(NC(C)=O)c3c2O)cc1OC.CNS(=O)(=O)c1ccc(C)cc1.Cc1ccc(C)cc1.O=S(=O)=O.O=S(=O)=O.[Na+].[Na+].[Na+].[Na+]. The van der Waals surface area contributed by atoms with Gasteiger partial charge in [0.25, 0.3) is 0 Å². The van der Waals surface area contributed by atoms with Crippen molar-refractivity contribution in [2.45, 2.75) is 63.2 Å². The second kappa shape index (κ2) is 44.1. The summed E-state index contributed by atoms with van der Waals surface area (Å²) in [5, 5.41) is 58.5. The third kappa shape index (κ3) is 29.5. The zero-order valence-corrected chi connectivity index (χ0v) is 67.8. The van der Waals surface area contributed by atoms with Crippen molar-refractivity contribution < 1.29 is 207 Å². The molecule has 0 bridgehead atoms. The Morgan fingerprint density at radius 2 is 0.796 bits per heavy atom. The van der Waals surface area contributed by atoms with Gasteiger partial charge in [-0.2, -0.15) is 62.0 Å². The van der Waals surface area contributed by atoms with Gasteiger partial charge in [-0.1, -0.05) is 87.4 Å². The van der Waals surface area contributed by atoms with E-state index < -0.39 is 96.0 Å². The number of nitrogens with zero attached hydrogens (tertiary/aromatic N) is 8. The van der Waals surface area contributed by atoms with E-state index in [9.17, 15) is 54.2 Å². The molecule has 0 atom stereocenters. The Balaban J connectivity index is 0. The third-order valence-corrected chi connectivity index (χ3v) is 15.0. The van der Waals surface area contributed by atoms with E-state index in [4.69, 9.17) is 34.7 Å². The monoisotopic (exact) mass is 1480 g/mol. The fraction of sp³-hybridized carbons (Fsp3) is 0.207. The van der Waals surface area contributed by atoms with Crippen molar-refractivity contribution in [2.75, 3.05) is 46.0 Å². The fourth-order valence-corrected chi connectivity index (χ4v) is 9.77. The summed E-state index contributed by atoms with van der Waals surface area (Å²) in [5.74, 6) is -1.68. The van der Waals surface area contributed by atoms with E-state index in [1.807, 2.05) is 6.92 Å². The number of rotatable bonds is 14. The summed E-state index contributed by atoms with van der Waals surface area (Å²) in [6.45, 7) is 12.2. The number of carbonyl (C=O) groups is 2. The van der Waals surface area contributed by atoms with Crippen molar-refractivity contribution in [3.8, 4) is 23.0 Å². The number of phenolic OH excluding ortho intramolecular Hbond substituents is 2. The van der Waals surface area contributed by atoms with E-state index in [-0.39, 0.29) is 168 Å². The number of aryl methyl sites for hydroxylation is 5. The molecule has 0 fully saturated rings. The first-order valence-electron chi connectivity index (χ1n) is 26.2. The molecule has 8 aromatic rings. The van der Waals surface area contributed by atoms with Crippen molar-refractivity contribution in [2.24, 2.45) is 40.9 Å². The summed E-state index contributed by atoms with van der Waals surface area (Å²) in [5.41, 5.74) is 5.75. The Hall–Kier alpha value is -6.21. The number of carbonyl (C=O) groups excluding carboxylic acids is 2. The number of benzene rings is 8. The smallest absolute Gasteiger partial charge is 0.744 e. The minimum atomic E-state index is -5.08. The van der Waals surface area contributed by atoms with Crippen LogP contribution in [0.1, 0.15) is 41.7 Å². The molecular formula is C58H59N11Na4O20S5. The van der Waals surface area contributed by atoms with E-state index in [1.165, 1.54) is 89.7 Å². The first-order chi connectivity index (χ1) is 43.9. The van der Waals surface area contributed by atoms with Gasteiger partial charge < -0.3 is 39.4 Å². The van der Waals surface area contributed by atoms with E-state index in [1.54, 1.807) is 57.3 Å². The number of aromatic hydroxyl groups is 2. The number of nitrogens with one attached hydrogen (secondary N) is 3. The molecule has 8 aromatic carbocycles. The molecule has 0 aromatic heterocycles. The molecule has 40 heteroatoms. The number of ether oxygens (including phenoxy) is 2. The Bertz CT molecular complexity index is 4790. The zero-order valence-electron chi connectivity index (χ0n) is 55.8. The number of azo groups is 4. The van der Waals surface area contributed by atoms with Crippen molar-refractivity contribution in [3.05, 3.63) is 149 Å². The predicted octanol–water partition coefficient (Wildman–Crippen LogP) is -1.48. The van der Waals surface area contributed by atoms with Crippen LogP contribution in [-0.4, -0.2) is 117 Å². The Labute approximate surface area is 656 Å². The summed E-state index contributed by atoms with van der Waals surface area (Å²) in [6.07, 6.45) is 0. The molecule has 0 spiro atoms. The van der Waals surface area contributed by atoms with Gasteiger partial charge >= 0.3 is 139 Å². The summed E-state index contributed by atoms with van der Waals surface area (Å²) >= 11 is 0. The average molecular weight is 1480 g/mol. The van der Waals surface area contributed by atoms with Crippen LogP contribution in [0.15, 0.2) is 165 Å². The van der Waals surface area contributed by atoms with Crippen LogP contribution in [-0.2, 0) is 61.1 Å². The maximum Gasteiger partial charge on any atom is 1.00 e. The van der Waals surface area contributed by atoms with Gasteiger partial charge in [-0.15, -0.1) is 51.4 Å². The zero-order chi connectivity index (χ0) is 71.0. The minimum absolute atomic E-state index is 0. The summed E-state index contributed by atoms with van der Waals surface area (Å²) in [7, 11) is -12.4. The Kier molecular flexibility index (Phi) is 42.3. The second-order valence-electron chi connectivity index (χ2n) is 18.8. The molecule has 31 nitrogen and oxygen atoms in total. The summed E-state index contributed by atoms with van der Waals surface area (Å²) in [6, 6.07) is 34.5. The van der Waals surface area contributed by atoms with Gasteiger partial charge in [-0.25, -0.2) is 30.0 Å². The molecule has 0 heterocycles. The summed E-state index contributed by atoms with van der Waals surface area (Å²) in [4.78, 5) is 21.8. The van der Waals surface area contributed by atoms with Gasteiger partial charge in [0.15, 0.2) is 0 Å². The van der Waals surface area contributed by atoms with E-state index in [0.717, 1.165) is 23.3 Å². The van der Waals surface area contributed by atoms with Crippen molar-refractivity contribution in [1.82, 2.24) is 4.72 Å². The molecule has 98 heavy (non-hydrogen) atoms. The molecule has 0 unspecified atom stereocenters. The van der Waals surface area contributed by atoms with Crippen LogP contribution in [0.3, 0.4) is 0 Å². The predicted molar refractivity (Wildman–Crippen MR) is 341 cm³/mol. The van der Waals surface area contributed by atoms with Crippen molar-refractivity contribution in [3.63, 3.8) is 0 Å². The first kappa shape index (κ1) is 93.8. The maximum atomic E-state index is 11.9. The number of amides is 2. The molecule has 5 N–H and O–H groups in total. The molecule has 8 rings (SSSR count). The normalized spacial score (nSPS) is 10.8. The quantitative estimate of drug-likeness (QED) is 0.0359. The van der Waals surface area contributed by atoms with Crippen LogP contribution in [0.2, 0.25) is 0 Å². The molecule has 0 aliphatic heterocycles. The number of sulfonamides is 1. The maximum absolute atomic E-state index is 11.9. The molecule has 2 amide bonds. The van der Waals surface area contributed by atoms with E-state index in [0.29, 0.717) is 27.5 Å². The van der Waals surface area contributed by atoms with Gasteiger partial charge in [0.2, 0.25) is 21.8 Å². The minimum Gasteiger partial charge on any atom is -0.744 e. The number of hydrogen-bond donors (Lipinski definition) is 5.